The zero-order chi connectivity index (χ0) is 14.3. The molecule has 0 aliphatic rings. The number of nitrogen functional groups attached to an aromatic ring is 1. The van der Waals surface area contributed by atoms with Crippen molar-refractivity contribution in [3.05, 3.63) is 65.1 Å². The van der Waals surface area contributed by atoms with E-state index in [-0.39, 0.29) is 11.6 Å². The van der Waals surface area contributed by atoms with E-state index in [0.29, 0.717) is 22.2 Å². The summed E-state index contributed by atoms with van der Waals surface area (Å²) in [6, 6.07) is 9.56. The summed E-state index contributed by atoms with van der Waals surface area (Å²) < 4.78 is 13.4. The second kappa shape index (κ2) is 4.49. The topological polar surface area (TPSA) is 58.9 Å². The van der Waals surface area contributed by atoms with E-state index in [0.717, 1.165) is 11.1 Å². The number of nitrogens with two attached hydrogens (primary N) is 1. The van der Waals surface area contributed by atoms with Crippen LogP contribution in [0.15, 0.2) is 42.6 Å². The third kappa shape index (κ3) is 1.86. The second-order valence-electron chi connectivity index (χ2n) is 4.74. The lowest BCUT2D eigenvalue weighted by atomic mass is 9.98. The fraction of sp³-hybridized carbons (Fsp3) is 0.0625. The number of hydrogen-bond acceptors (Lipinski definition) is 2. The molecule has 100 valence electrons. The number of fused-ring (bicyclic) bond motifs is 1. The van der Waals surface area contributed by atoms with Gasteiger partial charge in [-0.3, -0.25) is 4.79 Å². The second-order valence-corrected chi connectivity index (χ2v) is 4.74. The van der Waals surface area contributed by atoms with Crippen molar-refractivity contribution in [3.63, 3.8) is 0 Å². The van der Waals surface area contributed by atoms with Crippen LogP contribution in [0.5, 0.6) is 0 Å². The number of aromatic nitrogens is 1. The average molecular weight is 268 g/mol. The summed E-state index contributed by atoms with van der Waals surface area (Å²) >= 11 is 0. The first kappa shape index (κ1) is 12.4. The van der Waals surface area contributed by atoms with Crippen molar-refractivity contribution in [1.82, 2.24) is 4.98 Å². The number of H-pyrrole nitrogens is 1. The van der Waals surface area contributed by atoms with Gasteiger partial charge in [-0.2, -0.15) is 0 Å². The third-order valence-electron chi connectivity index (χ3n) is 3.51. The molecule has 1 heterocycles. The Balaban J connectivity index is 2.18. The van der Waals surface area contributed by atoms with Gasteiger partial charge >= 0.3 is 0 Å². The van der Waals surface area contributed by atoms with Crippen LogP contribution in [0.2, 0.25) is 0 Å². The molecule has 0 bridgehead atoms. The zero-order valence-electron chi connectivity index (χ0n) is 10.9. The molecule has 3 aromatic rings. The van der Waals surface area contributed by atoms with Crippen LogP contribution in [0.25, 0.3) is 10.9 Å². The molecule has 2 aromatic carbocycles. The summed E-state index contributed by atoms with van der Waals surface area (Å²) in [5.74, 6) is -0.526. The molecular formula is C16H13FN2O. The number of anilines is 1. The molecule has 0 fully saturated rings. The number of nitrogens with one attached hydrogen (secondary N) is 1. The molecular weight excluding hydrogens is 255 g/mol. The maximum atomic E-state index is 13.4. The van der Waals surface area contributed by atoms with Gasteiger partial charge in [-0.25, -0.2) is 4.39 Å². The molecule has 0 saturated carbocycles. The molecule has 20 heavy (non-hydrogen) atoms. The number of halogens is 1. The predicted molar refractivity (Wildman–Crippen MR) is 77.3 cm³/mol. The van der Waals surface area contributed by atoms with Crippen LogP contribution < -0.4 is 5.73 Å². The molecule has 0 amide bonds. The lowest BCUT2D eigenvalue weighted by Gasteiger charge is -2.06. The summed E-state index contributed by atoms with van der Waals surface area (Å²) in [5, 5.41) is 0.580. The quantitative estimate of drug-likeness (QED) is 0.552. The van der Waals surface area contributed by atoms with E-state index in [2.05, 4.69) is 4.98 Å². The lowest BCUT2D eigenvalue weighted by Crippen LogP contribution is -2.05. The first-order valence-electron chi connectivity index (χ1n) is 6.24. The largest absolute Gasteiger partial charge is 0.398 e. The average Bonchev–Trinajstić information content (AvgIpc) is 2.84. The van der Waals surface area contributed by atoms with E-state index in [1.807, 2.05) is 0 Å². The number of aromatic amines is 1. The molecule has 3 nitrogen and oxygen atoms in total. The van der Waals surface area contributed by atoms with Gasteiger partial charge < -0.3 is 10.7 Å². The van der Waals surface area contributed by atoms with Crippen LogP contribution >= 0.6 is 0 Å². The zero-order valence-corrected chi connectivity index (χ0v) is 10.9. The van der Waals surface area contributed by atoms with E-state index in [4.69, 9.17) is 5.73 Å². The Morgan fingerprint density at radius 1 is 1.20 bits per heavy atom. The Kier molecular flexibility index (Phi) is 2.79. The maximum absolute atomic E-state index is 13.4. The van der Waals surface area contributed by atoms with Crippen molar-refractivity contribution in [2.45, 2.75) is 6.92 Å². The van der Waals surface area contributed by atoms with Crippen molar-refractivity contribution in [1.29, 1.82) is 0 Å². The first-order chi connectivity index (χ1) is 9.58. The van der Waals surface area contributed by atoms with E-state index in [1.54, 1.807) is 37.4 Å². The van der Waals surface area contributed by atoms with Crippen molar-refractivity contribution < 1.29 is 9.18 Å². The molecule has 0 spiro atoms. The highest BCUT2D eigenvalue weighted by molar-refractivity contribution is 6.17. The Hall–Kier alpha value is -2.62. The summed E-state index contributed by atoms with van der Waals surface area (Å²) in [6.07, 6.45) is 1.61. The Labute approximate surface area is 115 Å². The standard InChI is InChI=1S/C16H13FN2O/c1-9-11(3-2-4-14(9)18)16(20)13-8-19-15-6-5-10(17)7-12(13)15/h2-8,19H,18H2,1H3. The van der Waals surface area contributed by atoms with Gasteiger partial charge in [-0.05, 0) is 36.8 Å². The number of hydrogen-bond donors (Lipinski definition) is 2. The minimum Gasteiger partial charge on any atom is -0.398 e. The number of carbonyl (C=O) groups excluding carboxylic acids is 1. The van der Waals surface area contributed by atoms with Gasteiger partial charge in [0.05, 0.1) is 0 Å². The molecule has 3 N–H and O–H groups in total. The first-order valence-corrected chi connectivity index (χ1v) is 6.24. The smallest absolute Gasteiger partial charge is 0.195 e. The highest BCUT2D eigenvalue weighted by Gasteiger charge is 2.17. The minimum atomic E-state index is -0.365. The van der Waals surface area contributed by atoms with E-state index >= 15 is 0 Å². The maximum Gasteiger partial charge on any atom is 0.195 e. The molecule has 0 unspecified atom stereocenters. The van der Waals surface area contributed by atoms with Crippen molar-refractivity contribution >= 4 is 22.4 Å². The molecule has 0 aliphatic heterocycles. The SMILES string of the molecule is Cc1c(N)cccc1C(=O)c1c[nH]c2ccc(F)cc12. The highest BCUT2D eigenvalue weighted by Crippen LogP contribution is 2.25. The Morgan fingerprint density at radius 3 is 2.80 bits per heavy atom. The fourth-order valence-electron chi connectivity index (χ4n) is 2.33. The summed E-state index contributed by atoms with van der Waals surface area (Å²) in [7, 11) is 0. The van der Waals surface area contributed by atoms with Gasteiger partial charge in [0.15, 0.2) is 5.78 Å². The molecule has 0 radical (unpaired) electrons. The van der Waals surface area contributed by atoms with E-state index in [9.17, 15) is 9.18 Å². The summed E-state index contributed by atoms with van der Waals surface area (Å²) in [5.41, 5.74) is 8.86. The Bertz CT molecular complexity index is 820. The molecule has 0 saturated heterocycles. The van der Waals surface area contributed by atoms with Crippen molar-refractivity contribution in [2.24, 2.45) is 0 Å². The minimum absolute atomic E-state index is 0.161. The van der Waals surface area contributed by atoms with Gasteiger partial charge in [0.1, 0.15) is 5.82 Å². The van der Waals surface area contributed by atoms with Gasteiger partial charge in [-0.1, -0.05) is 12.1 Å². The monoisotopic (exact) mass is 268 g/mol. The molecule has 1 aromatic heterocycles. The van der Waals surface area contributed by atoms with Crippen LogP contribution in [0, 0.1) is 12.7 Å². The van der Waals surface area contributed by atoms with Crippen LogP contribution in [0.3, 0.4) is 0 Å². The van der Waals surface area contributed by atoms with Gasteiger partial charge in [0.25, 0.3) is 0 Å². The third-order valence-corrected chi connectivity index (χ3v) is 3.51. The number of carbonyl (C=O) groups is 1. The Morgan fingerprint density at radius 2 is 2.00 bits per heavy atom. The van der Waals surface area contributed by atoms with Crippen molar-refractivity contribution in [2.75, 3.05) is 5.73 Å². The van der Waals surface area contributed by atoms with E-state index in [1.165, 1.54) is 12.1 Å². The summed E-state index contributed by atoms with van der Waals surface area (Å²) in [4.78, 5) is 15.6. The van der Waals surface area contributed by atoms with Gasteiger partial charge in [0, 0.05) is 33.9 Å². The lowest BCUT2D eigenvalue weighted by molar-refractivity contribution is 0.104. The van der Waals surface area contributed by atoms with Crippen LogP contribution in [-0.4, -0.2) is 10.8 Å². The van der Waals surface area contributed by atoms with Crippen molar-refractivity contribution in [3.8, 4) is 0 Å². The molecule has 3 rings (SSSR count). The van der Waals surface area contributed by atoms with Crippen LogP contribution in [0.1, 0.15) is 21.5 Å². The normalized spacial score (nSPS) is 10.9. The van der Waals surface area contributed by atoms with Gasteiger partial charge in [0.2, 0.25) is 0 Å². The van der Waals surface area contributed by atoms with Crippen LogP contribution in [0.4, 0.5) is 10.1 Å². The highest BCUT2D eigenvalue weighted by atomic mass is 19.1. The number of rotatable bonds is 2. The summed E-state index contributed by atoms with van der Waals surface area (Å²) in [6.45, 7) is 1.80. The fourth-order valence-corrected chi connectivity index (χ4v) is 2.33. The molecule has 0 aliphatic carbocycles. The van der Waals surface area contributed by atoms with Gasteiger partial charge in [-0.15, -0.1) is 0 Å². The van der Waals surface area contributed by atoms with Crippen LogP contribution in [-0.2, 0) is 0 Å². The number of ketones is 1. The number of benzene rings is 2. The van der Waals surface area contributed by atoms with E-state index < -0.39 is 0 Å². The molecule has 4 heteroatoms. The molecule has 0 atom stereocenters. The predicted octanol–water partition coefficient (Wildman–Crippen LogP) is 3.43.